The zero-order valence-corrected chi connectivity index (χ0v) is 15.4. The Kier molecular flexibility index (Phi) is 4.30. The number of rotatable bonds is 3. The minimum absolute atomic E-state index is 0.0661. The number of fused-ring (bicyclic) bond motifs is 2. The van der Waals surface area contributed by atoms with Crippen molar-refractivity contribution in [2.45, 2.75) is 44.8 Å². The first-order chi connectivity index (χ1) is 13.3. The molecule has 3 aromatic rings. The Morgan fingerprint density at radius 3 is 2.89 bits per heavy atom. The van der Waals surface area contributed by atoms with Crippen molar-refractivity contribution in [3.63, 3.8) is 0 Å². The second-order valence-corrected chi connectivity index (χ2v) is 7.70. The zero-order valence-electron chi connectivity index (χ0n) is 15.4. The third-order valence-corrected chi connectivity index (χ3v) is 5.80. The van der Waals surface area contributed by atoms with Gasteiger partial charge in [0.1, 0.15) is 0 Å². The fourth-order valence-electron chi connectivity index (χ4n) is 4.34. The summed E-state index contributed by atoms with van der Waals surface area (Å²) in [5.74, 6) is 0. The van der Waals surface area contributed by atoms with Gasteiger partial charge in [-0.3, -0.25) is 14.8 Å². The van der Waals surface area contributed by atoms with Gasteiger partial charge in [0.05, 0.1) is 11.4 Å². The number of aromatic nitrogens is 3. The minimum atomic E-state index is 0.0661. The molecule has 2 N–H and O–H groups in total. The van der Waals surface area contributed by atoms with E-state index in [1.165, 1.54) is 18.4 Å². The molecule has 6 nitrogen and oxygen atoms in total. The van der Waals surface area contributed by atoms with Gasteiger partial charge in [0, 0.05) is 37.3 Å². The highest BCUT2D eigenvalue weighted by molar-refractivity contribution is 5.43. The summed E-state index contributed by atoms with van der Waals surface area (Å²) in [4.78, 5) is 20.2. The average molecular weight is 363 g/mol. The second kappa shape index (κ2) is 6.94. The molecule has 1 saturated heterocycles. The summed E-state index contributed by atoms with van der Waals surface area (Å²) in [6, 6.07) is 12.8. The highest BCUT2D eigenvalue weighted by Crippen LogP contribution is 2.23. The maximum absolute atomic E-state index is 13.0. The number of nitrogens with zero attached hydrogens (tertiary/aromatic N) is 3. The molecule has 1 atom stereocenters. The maximum Gasteiger partial charge on any atom is 0.276 e. The summed E-state index contributed by atoms with van der Waals surface area (Å²) in [6.45, 7) is 3.56. The summed E-state index contributed by atoms with van der Waals surface area (Å²) in [7, 11) is 0. The molecule has 0 saturated carbocycles. The lowest BCUT2D eigenvalue weighted by atomic mass is 10.0. The van der Waals surface area contributed by atoms with Crippen LogP contribution in [0, 0.1) is 0 Å². The quantitative estimate of drug-likeness (QED) is 0.750. The van der Waals surface area contributed by atoms with Crippen LogP contribution >= 0.6 is 0 Å². The minimum Gasteiger partial charge on any atom is -0.309 e. The molecule has 140 valence electrons. The molecule has 0 amide bonds. The van der Waals surface area contributed by atoms with E-state index in [9.17, 15) is 4.79 Å². The Morgan fingerprint density at radius 2 is 2.07 bits per heavy atom. The Morgan fingerprint density at radius 1 is 1.19 bits per heavy atom. The van der Waals surface area contributed by atoms with Crippen LogP contribution in [0.3, 0.4) is 0 Å². The SMILES string of the molecule is O=c1c2c(nc3cc([C@@H]4CCCCN4)[nH]n13)CN(Cc1ccccc1)CC2. The molecule has 0 aliphatic carbocycles. The average Bonchev–Trinajstić information content (AvgIpc) is 3.14. The topological polar surface area (TPSA) is 65.4 Å². The Hall–Kier alpha value is -2.44. The van der Waals surface area contributed by atoms with Crippen LogP contribution in [0.1, 0.15) is 47.8 Å². The standard InChI is InChI=1S/C21H25N5O/c27-21-16-9-11-25(13-15-6-2-1-3-7-15)14-19(16)23-20-12-18(24-26(20)21)17-8-4-5-10-22-17/h1-3,6-7,12,17,22,24H,4-5,8-11,13-14H2/t17-/m0/s1. The molecule has 0 bridgehead atoms. The van der Waals surface area contributed by atoms with E-state index in [0.717, 1.165) is 61.6 Å². The van der Waals surface area contributed by atoms with E-state index in [1.807, 2.05) is 12.1 Å². The highest BCUT2D eigenvalue weighted by atomic mass is 16.1. The fraction of sp³-hybridized carbons (Fsp3) is 0.429. The molecule has 1 fully saturated rings. The summed E-state index contributed by atoms with van der Waals surface area (Å²) in [5.41, 5.74) is 4.97. The summed E-state index contributed by atoms with van der Waals surface area (Å²) in [6.07, 6.45) is 4.31. The normalized spacial score (nSPS) is 20.7. The Labute approximate surface area is 158 Å². The van der Waals surface area contributed by atoms with Crippen molar-refractivity contribution in [1.29, 1.82) is 0 Å². The van der Waals surface area contributed by atoms with Crippen LogP contribution in [0.15, 0.2) is 41.2 Å². The number of aromatic amines is 1. The number of hydrogen-bond acceptors (Lipinski definition) is 4. The Balaban J connectivity index is 1.44. The van der Waals surface area contributed by atoms with E-state index >= 15 is 0 Å². The Bertz CT molecular complexity index is 1000. The van der Waals surface area contributed by atoms with Gasteiger partial charge in [-0.05, 0) is 31.4 Å². The third kappa shape index (κ3) is 3.19. The molecular weight excluding hydrogens is 338 g/mol. The van der Waals surface area contributed by atoms with Crippen LogP contribution in [0.2, 0.25) is 0 Å². The smallest absolute Gasteiger partial charge is 0.276 e. The molecule has 2 aliphatic heterocycles. The van der Waals surface area contributed by atoms with Gasteiger partial charge in [0.2, 0.25) is 0 Å². The number of H-pyrrole nitrogens is 1. The van der Waals surface area contributed by atoms with Gasteiger partial charge in [0.15, 0.2) is 5.65 Å². The van der Waals surface area contributed by atoms with E-state index in [2.05, 4.69) is 39.6 Å². The van der Waals surface area contributed by atoms with Gasteiger partial charge in [-0.25, -0.2) is 9.50 Å². The monoisotopic (exact) mass is 363 g/mol. The molecule has 2 aliphatic rings. The van der Waals surface area contributed by atoms with Gasteiger partial charge >= 0.3 is 0 Å². The lowest BCUT2D eigenvalue weighted by Crippen LogP contribution is -2.36. The number of nitrogens with one attached hydrogen (secondary N) is 2. The van der Waals surface area contributed by atoms with Crippen LogP contribution in [0.5, 0.6) is 0 Å². The first-order valence-electron chi connectivity index (χ1n) is 9.91. The van der Waals surface area contributed by atoms with Crippen LogP contribution in [0.25, 0.3) is 5.65 Å². The molecule has 2 aromatic heterocycles. The van der Waals surface area contributed by atoms with Crippen molar-refractivity contribution in [3.8, 4) is 0 Å². The van der Waals surface area contributed by atoms with E-state index in [4.69, 9.17) is 4.98 Å². The lowest BCUT2D eigenvalue weighted by Gasteiger charge is -2.27. The molecule has 1 aromatic carbocycles. The van der Waals surface area contributed by atoms with E-state index in [-0.39, 0.29) is 5.56 Å². The summed E-state index contributed by atoms with van der Waals surface area (Å²) < 4.78 is 1.64. The predicted octanol–water partition coefficient (Wildman–Crippen LogP) is 2.40. The second-order valence-electron chi connectivity index (χ2n) is 7.70. The maximum atomic E-state index is 13.0. The van der Waals surface area contributed by atoms with Gasteiger partial charge < -0.3 is 5.32 Å². The summed E-state index contributed by atoms with van der Waals surface area (Å²) >= 11 is 0. The molecule has 6 heteroatoms. The number of benzene rings is 1. The number of hydrogen-bond donors (Lipinski definition) is 2. The van der Waals surface area contributed by atoms with Crippen LogP contribution in [-0.2, 0) is 19.5 Å². The summed E-state index contributed by atoms with van der Waals surface area (Å²) in [5, 5.41) is 6.84. The van der Waals surface area contributed by atoms with Gasteiger partial charge in [-0.15, -0.1) is 0 Å². The van der Waals surface area contributed by atoms with Gasteiger partial charge in [-0.2, -0.15) is 0 Å². The van der Waals surface area contributed by atoms with Crippen molar-refractivity contribution >= 4 is 5.65 Å². The molecule has 4 heterocycles. The molecule has 0 unspecified atom stereocenters. The van der Waals surface area contributed by atoms with Crippen molar-refractivity contribution < 1.29 is 0 Å². The molecule has 0 spiro atoms. The van der Waals surface area contributed by atoms with Crippen molar-refractivity contribution in [2.24, 2.45) is 0 Å². The van der Waals surface area contributed by atoms with Crippen molar-refractivity contribution in [2.75, 3.05) is 13.1 Å². The van der Waals surface area contributed by atoms with Crippen LogP contribution in [0.4, 0.5) is 0 Å². The molecule has 27 heavy (non-hydrogen) atoms. The van der Waals surface area contributed by atoms with Gasteiger partial charge in [-0.1, -0.05) is 36.8 Å². The first-order valence-corrected chi connectivity index (χ1v) is 9.91. The molecular formula is C21H25N5O. The van der Waals surface area contributed by atoms with Crippen molar-refractivity contribution in [3.05, 3.63) is 69.3 Å². The fourth-order valence-corrected chi connectivity index (χ4v) is 4.34. The van der Waals surface area contributed by atoms with Gasteiger partial charge in [0.25, 0.3) is 5.56 Å². The molecule has 0 radical (unpaired) electrons. The van der Waals surface area contributed by atoms with E-state index < -0.39 is 0 Å². The van der Waals surface area contributed by atoms with Crippen LogP contribution in [-0.4, -0.2) is 32.6 Å². The highest BCUT2D eigenvalue weighted by Gasteiger charge is 2.24. The third-order valence-electron chi connectivity index (χ3n) is 5.80. The first kappa shape index (κ1) is 16.7. The van der Waals surface area contributed by atoms with E-state index in [0.29, 0.717) is 6.04 Å². The molecule has 5 rings (SSSR count). The number of piperidine rings is 1. The lowest BCUT2D eigenvalue weighted by molar-refractivity contribution is 0.240. The van der Waals surface area contributed by atoms with E-state index in [1.54, 1.807) is 4.52 Å². The van der Waals surface area contributed by atoms with Crippen molar-refractivity contribution in [1.82, 2.24) is 24.8 Å². The zero-order chi connectivity index (χ0) is 18.2. The van der Waals surface area contributed by atoms with Crippen LogP contribution < -0.4 is 10.9 Å². The largest absolute Gasteiger partial charge is 0.309 e. The predicted molar refractivity (Wildman–Crippen MR) is 105 cm³/mol.